The number of carbonyl (C=O) groups excluding carboxylic acids is 2. The van der Waals surface area contributed by atoms with Gasteiger partial charge in [-0.1, -0.05) is 6.42 Å². The summed E-state index contributed by atoms with van der Waals surface area (Å²) >= 11 is 0. The zero-order chi connectivity index (χ0) is 17.9. The molecule has 3 heterocycles. The van der Waals surface area contributed by atoms with Gasteiger partial charge in [-0.2, -0.15) is 0 Å². The van der Waals surface area contributed by atoms with Crippen LogP contribution in [0.1, 0.15) is 44.1 Å². The summed E-state index contributed by atoms with van der Waals surface area (Å²) < 4.78 is 5.17. The van der Waals surface area contributed by atoms with Crippen molar-refractivity contribution in [2.45, 2.75) is 51.1 Å². The Bertz CT molecular complexity index is 632. The fourth-order valence-electron chi connectivity index (χ4n) is 4.47. The highest BCUT2D eigenvalue weighted by atomic mass is 35.5. The second-order valence-corrected chi connectivity index (χ2v) is 8.13. The van der Waals surface area contributed by atoms with Crippen LogP contribution in [0.25, 0.3) is 0 Å². The summed E-state index contributed by atoms with van der Waals surface area (Å²) in [6.45, 7) is 3.72. The molecule has 0 unspecified atom stereocenters. The standard InChI is InChI=1S/C20H29N3O3.ClH/c24-19(13-23-8-3-1-2-4-20(23)25)21-18-12-22(10-15-7-9-26-14-15)11-17(18)16-5-6-16;/h7,9,14,16-18H,1-6,8,10-13H2,(H,21,24);1H/t17-,18+;/m1./s1. The van der Waals surface area contributed by atoms with E-state index in [4.69, 9.17) is 4.42 Å². The second kappa shape index (κ2) is 9.11. The van der Waals surface area contributed by atoms with Crippen molar-refractivity contribution >= 4 is 24.2 Å². The van der Waals surface area contributed by atoms with Crippen LogP contribution in [0.5, 0.6) is 0 Å². The first-order valence-corrected chi connectivity index (χ1v) is 9.99. The van der Waals surface area contributed by atoms with Crippen LogP contribution < -0.4 is 5.32 Å². The Hall–Kier alpha value is -1.53. The first kappa shape index (κ1) is 20.2. The van der Waals surface area contributed by atoms with Crippen molar-refractivity contribution in [3.8, 4) is 0 Å². The van der Waals surface area contributed by atoms with Gasteiger partial charge >= 0.3 is 0 Å². The molecular weight excluding hydrogens is 366 g/mol. The zero-order valence-corrected chi connectivity index (χ0v) is 16.6. The van der Waals surface area contributed by atoms with Gasteiger partial charge in [0.15, 0.2) is 0 Å². The number of likely N-dealkylation sites (tertiary alicyclic amines) is 2. The number of amides is 2. The molecule has 3 fully saturated rings. The summed E-state index contributed by atoms with van der Waals surface area (Å²) in [5, 5.41) is 3.25. The molecule has 2 saturated heterocycles. The van der Waals surface area contributed by atoms with E-state index in [9.17, 15) is 9.59 Å². The molecule has 0 radical (unpaired) electrons. The summed E-state index contributed by atoms with van der Waals surface area (Å²) in [4.78, 5) is 28.9. The van der Waals surface area contributed by atoms with E-state index in [1.807, 2.05) is 6.07 Å². The maximum atomic E-state index is 12.6. The third-order valence-corrected chi connectivity index (χ3v) is 6.01. The summed E-state index contributed by atoms with van der Waals surface area (Å²) in [7, 11) is 0. The van der Waals surface area contributed by atoms with Gasteiger partial charge in [0, 0.05) is 44.2 Å². The molecule has 2 amide bonds. The quantitative estimate of drug-likeness (QED) is 0.803. The van der Waals surface area contributed by atoms with E-state index >= 15 is 0 Å². The summed E-state index contributed by atoms with van der Waals surface area (Å²) in [6.07, 6.45) is 9.68. The van der Waals surface area contributed by atoms with Gasteiger partial charge in [-0.05, 0) is 43.6 Å². The minimum atomic E-state index is 0. The highest BCUT2D eigenvalue weighted by Gasteiger charge is 2.43. The first-order chi connectivity index (χ1) is 12.7. The van der Waals surface area contributed by atoms with Crippen LogP contribution in [0.3, 0.4) is 0 Å². The molecule has 0 spiro atoms. The molecule has 6 nitrogen and oxygen atoms in total. The van der Waals surface area contributed by atoms with Gasteiger partial charge in [-0.3, -0.25) is 14.5 Å². The molecular formula is C20H30ClN3O3. The van der Waals surface area contributed by atoms with Gasteiger partial charge in [0.05, 0.1) is 19.1 Å². The van der Waals surface area contributed by atoms with E-state index in [0.717, 1.165) is 51.4 Å². The lowest BCUT2D eigenvalue weighted by atomic mass is 9.98. The fourth-order valence-corrected chi connectivity index (χ4v) is 4.47. The topological polar surface area (TPSA) is 65.8 Å². The average molecular weight is 396 g/mol. The Morgan fingerprint density at radius 1 is 1.22 bits per heavy atom. The van der Waals surface area contributed by atoms with E-state index in [2.05, 4.69) is 10.2 Å². The highest BCUT2D eigenvalue weighted by Crippen LogP contribution is 2.41. The number of furan rings is 1. The molecule has 0 bridgehead atoms. The predicted molar refractivity (Wildman–Crippen MR) is 104 cm³/mol. The normalized spacial score (nSPS) is 26.5. The maximum Gasteiger partial charge on any atom is 0.239 e. The summed E-state index contributed by atoms with van der Waals surface area (Å²) in [5.74, 6) is 1.41. The van der Waals surface area contributed by atoms with Gasteiger partial charge in [-0.15, -0.1) is 12.4 Å². The predicted octanol–water partition coefficient (Wildman–Crippen LogP) is 2.43. The van der Waals surface area contributed by atoms with Crippen LogP contribution >= 0.6 is 12.4 Å². The molecule has 150 valence electrons. The molecule has 1 aliphatic carbocycles. The van der Waals surface area contributed by atoms with Crippen molar-refractivity contribution in [3.63, 3.8) is 0 Å². The zero-order valence-electron chi connectivity index (χ0n) is 15.8. The SMILES string of the molecule is Cl.O=C(CN1CCCCCC1=O)N[C@H]1CN(Cc2ccoc2)C[C@@H]1C1CC1. The molecule has 7 heteroatoms. The summed E-state index contributed by atoms with van der Waals surface area (Å²) in [6, 6.07) is 2.20. The maximum absolute atomic E-state index is 12.6. The molecule has 0 aromatic carbocycles. The van der Waals surface area contributed by atoms with Gasteiger partial charge in [0.1, 0.15) is 0 Å². The van der Waals surface area contributed by atoms with Crippen molar-refractivity contribution in [1.29, 1.82) is 0 Å². The van der Waals surface area contributed by atoms with Crippen LogP contribution in [0.15, 0.2) is 23.0 Å². The average Bonchev–Trinajstić information content (AvgIpc) is 3.26. The van der Waals surface area contributed by atoms with Gasteiger partial charge in [-0.25, -0.2) is 0 Å². The van der Waals surface area contributed by atoms with Crippen molar-refractivity contribution in [2.75, 3.05) is 26.2 Å². The third-order valence-electron chi connectivity index (χ3n) is 6.01. The number of halogens is 1. The Kier molecular flexibility index (Phi) is 6.82. The Morgan fingerprint density at radius 2 is 2.07 bits per heavy atom. The number of carbonyl (C=O) groups is 2. The van der Waals surface area contributed by atoms with E-state index in [1.165, 1.54) is 18.4 Å². The lowest BCUT2D eigenvalue weighted by Gasteiger charge is -2.23. The van der Waals surface area contributed by atoms with Gasteiger partial charge in [0.2, 0.25) is 11.8 Å². The lowest BCUT2D eigenvalue weighted by molar-refractivity contribution is -0.135. The van der Waals surface area contributed by atoms with Gasteiger partial charge < -0.3 is 14.6 Å². The summed E-state index contributed by atoms with van der Waals surface area (Å²) in [5.41, 5.74) is 1.18. The van der Waals surface area contributed by atoms with Crippen LogP contribution in [0.4, 0.5) is 0 Å². The largest absolute Gasteiger partial charge is 0.472 e. The van der Waals surface area contributed by atoms with Crippen LogP contribution in [-0.4, -0.2) is 53.8 Å². The molecule has 1 aromatic rings. The lowest BCUT2D eigenvalue weighted by Crippen LogP contribution is -2.47. The van der Waals surface area contributed by atoms with E-state index in [1.54, 1.807) is 17.4 Å². The monoisotopic (exact) mass is 395 g/mol. The Labute approximate surface area is 167 Å². The van der Waals surface area contributed by atoms with Crippen LogP contribution in [-0.2, 0) is 16.1 Å². The van der Waals surface area contributed by atoms with E-state index in [-0.39, 0.29) is 36.8 Å². The van der Waals surface area contributed by atoms with Gasteiger partial charge in [0.25, 0.3) is 0 Å². The van der Waals surface area contributed by atoms with Crippen LogP contribution in [0.2, 0.25) is 0 Å². The van der Waals surface area contributed by atoms with E-state index in [0.29, 0.717) is 12.3 Å². The minimum Gasteiger partial charge on any atom is -0.472 e. The molecule has 2 atom stereocenters. The van der Waals surface area contributed by atoms with Crippen LogP contribution in [0, 0.1) is 11.8 Å². The molecule has 27 heavy (non-hydrogen) atoms. The molecule has 1 aromatic heterocycles. The molecule has 1 N–H and O–H groups in total. The van der Waals surface area contributed by atoms with Crippen molar-refractivity contribution < 1.29 is 14.0 Å². The van der Waals surface area contributed by atoms with Crippen molar-refractivity contribution in [2.24, 2.45) is 11.8 Å². The first-order valence-electron chi connectivity index (χ1n) is 9.99. The Morgan fingerprint density at radius 3 is 2.81 bits per heavy atom. The van der Waals surface area contributed by atoms with E-state index < -0.39 is 0 Å². The Balaban J connectivity index is 0.00000210. The van der Waals surface area contributed by atoms with Crippen molar-refractivity contribution in [3.05, 3.63) is 24.2 Å². The second-order valence-electron chi connectivity index (χ2n) is 8.13. The number of nitrogens with zero attached hydrogens (tertiary/aromatic N) is 2. The highest BCUT2D eigenvalue weighted by molar-refractivity contribution is 5.85. The third kappa shape index (κ3) is 5.26. The molecule has 1 saturated carbocycles. The molecule has 4 rings (SSSR count). The fraction of sp³-hybridized carbons (Fsp3) is 0.700. The number of hydrogen-bond acceptors (Lipinski definition) is 4. The molecule has 3 aliphatic rings. The van der Waals surface area contributed by atoms with Crippen molar-refractivity contribution in [1.82, 2.24) is 15.1 Å². The molecule has 2 aliphatic heterocycles. The number of rotatable bonds is 6. The number of nitrogens with one attached hydrogen (secondary N) is 1. The smallest absolute Gasteiger partial charge is 0.239 e. The minimum absolute atomic E-state index is 0. The number of hydrogen-bond donors (Lipinski definition) is 1.